The lowest BCUT2D eigenvalue weighted by Crippen LogP contribution is -2.42. The van der Waals surface area contributed by atoms with Gasteiger partial charge in [-0.1, -0.05) is 18.2 Å². The van der Waals surface area contributed by atoms with Crippen LogP contribution in [-0.2, 0) is 10.0 Å². The topological polar surface area (TPSA) is 49.4 Å². The Morgan fingerprint density at radius 1 is 1.04 bits per heavy atom. The molecule has 23 heavy (non-hydrogen) atoms. The van der Waals surface area contributed by atoms with Crippen LogP contribution >= 0.6 is 11.8 Å². The summed E-state index contributed by atoms with van der Waals surface area (Å²) in [7, 11) is -3.31. The van der Waals surface area contributed by atoms with E-state index in [9.17, 15) is 8.42 Å². The molecule has 1 N–H and O–H groups in total. The van der Waals surface area contributed by atoms with Crippen LogP contribution in [0.4, 0.5) is 0 Å². The number of hydrogen-bond acceptors (Lipinski definition) is 4. The van der Waals surface area contributed by atoms with Crippen molar-refractivity contribution < 1.29 is 8.42 Å². The van der Waals surface area contributed by atoms with Crippen molar-refractivity contribution in [3.05, 3.63) is 30.3 Å². The predicted octanol–water partition coefficient (Wildman–Crippen LogP) is 2.57. The van der Waals surface area contributed by atoms with Crippen molar-refractivity contribution in [3.8, 4) is 0 Å². The van der Waals surface area contributed by atoms with Gasteiger partial charge in [-0.15, -0.1) is 0 Å². The molecule has 128 valence electrons. The molecule has 2 saturated heterocycles. The van der Waals surface area contributed by atoms with Gasteiger partial charge in [-0.2, -0.15) is 16.1 Å². The Balaban J connectivity index is 1.48. The summed E-state index contributed by atoms with van der Waals surface area (Å²) in [6, 6.07) is 9.45. The van der Waals surface area contributed by atoms with E-state index in [1.807, 2.05) is 17.8 Å². The Labute approximate surface area is 144 Å². The van der Waals surface area contributed by atoms with E-state index in [1.165, 1.54) is 24.3 Å². The van der Waals surface area contributed by atoms with Crippen molar-refractivity contribution in [3.63, 3.8) is 0 Å². The molecule has 0 radical (unpaired) electrons. The third-order valence-corrected chi connectivity index (χ3v) is 7.83. The van der Waals surface area contributed by atoms with Crippen molar-refractivity contribution in [2.75, 3.05) is 31.1 Å². The highest BCUT2D eigenvalue weighted by Crippen LogP contribution is 2.24. The maximum atomic E-state index is 12.6. The lowest BCUT2D eigenvalue weighted by Gasteiger charge is -2.32. The van der Waals surface area contributed by atoms with Gasteiger partial charge in [-0.05, 0) is 61.8 Å². The van der Waals surface area contributed by atoms with Crippen molar-refractivity contribution in [2.45, 2.75) is 36.6 Å². The maximum absolute atomic E-state index is 12.6. The van der Waals surface area contributed by atoms with Gasteiger partial charge in [-0.3, -0.25) is 0 Å². The van der Waals surface area contributed by atoms with Gasteiger partial charge in [0.15, 0.2) is 0 Å². The van der Waals surface area contributed by atoms with Crippen LogP contribution in [0, 0.1) is 5.92 Å². The van der Waals surface area contributed by atoms with Crippen LogP contribution in [0.15, 0.2) is 35.2 Å². The fourth-order valence-electron chi connectivity index (χ4n) is 3.33. The molecular weight excluding hydrogens is 328 g/mol. The van der Waals surface area contributed by atoms with Crippen LogP contribution in [0.5, 0.6) is 0 Å². The molecule has 2 heterocycles. The monoisotopic (exact) mass is 354 g/mol. The molecule has 0 amide bonds. The third-order valence-electron chi connectivity index (χ3n) is 4.87. The zero-order chi connectivity index (χ0) is 16.1. The summed E-state index contributed by atoms with van der Waals surface area (Å²) >= 11 is 2.05. The number of nitrogens with one attached hydrogen (secondary N) is 1. The second-order valence-electron chi connectivity index (χ2n) is 6.46. The number of sulfonamides is 1. The van der Waals surface area contributed by atoms with Crippen LogP contribution in [0.25, 0.3) is 0 Å². The van der Waals surface area contributed by atoms with Crippen LogP contribution in [0.3, 0.4) is 0 Å². The van der Waals surface area contributed by atoms with Crippen LogP contribution in [-0.4, -0.2) is 49.9 Å². The zero-order valence-electron chi connectivity index (χ0n) is 13.5. The van der Waals surface area contributed by atoms with E-state index in [0.717, 1.165) is 19.4 Å². The molecule has 0 atom stereocenters. The Kier molecular flexibility index (Phi) is 6.01. The highest BCUT2D eigenvalue weighted by atomic mass is 32.2. The minimum absolute atomic E-state index is 0.413. The number of benzene rings is 1. The summed E-state index contributed by atoms with van der Waals surface area (Å²) in [5.41, 5.74) is 0. The molecule has 2 fully saturated rings. The lowest BCUT2D eigenvalue weighted by atomic mass is 9.97. The summed E-state index contributed by atoms with van der Waals surface area (Å²) in [4.78, 5) is 0.413. The van der Waals surface area contributed by atoms with Gasteiger partial charge in [0.1, 0.15) is 0 Å². The van der Waals surface area contributed by atoms with Crippen molar-refractivity contribution in [1.29, 1.82) is 0 Å². The van der Waals surface area contributed by atoms with Crippen LogP contribution < -0.4 is 5.32 Å². The van der Waals surface area contributed by atoms with Crippen molar-refractivity contribution in [2.24, 2.45) is 5.92 Å². The highest BCUT2D eigenvalue weighted by molar-refractivity contribution is 7.99. The first-order valence-electron chi connectivity index (χ1n) is 8.52. The Bertz CT molecular complexity index is 578. The van der Waals surface area contributed by atoms with Gasteiger partial charge < -0.3 is 5.32 Å². The van der Waals surface area contributed by atoms with E-state index in [2.05, 4.69) is 5.32 Å². The molecule has 0 unspecified atom stereocenters. The SMILES string of the molecule is O=S(=O)(c1ccccc1)N1CCC(CNC2CCSCC2)CC1. The van der Waals surface area contributed by atoms with Gasteiger partial charge in [0.05, 0.1) is 4.90 Å². The van der Waals surface area contributed by atoms with E-state index >= 15 is 0 Å². The van der Waals surface area contributed by atoms with E-state index in [1.54, 1.807) is 28.6 Å². The molecule has 1 aromatic carbocycles. The van der Waals surface area contributed by atoms with Crippen molar-refractivity contribution >= 4 is 21.8 Å². The fourth-order valence-corrected chi connectivity index (χ4v) is 5.93. The first-order chi connectivity index (χ1) is 11.2. The normalized spacial score (nSPS) is 22.3. The largest absolute Gasteiger partial charge is 0.314 e. The molecule has 0 aromatic heterocycles. The lowest BCUT2D eigenvalue weighted by molar-refractivity contribution is 0.259. The molecule has 6 heteroatoms. The molecule has 4 nitrogen and oxygen atoms in total. The molecule has 0 saturated carbocycles. The number of rotatable bonds is 5. The molecule has 0 aliphatic carbocycles. The maximum Gasteiger partial charge on any atom is 0.243 e. The molecule has 0 spiro atoms. The number of hydrogen-bond donors (Lipinski definition) is 1. The fraction of sp³-hybridized carbons (Fsp3) is 0.647. The quantitative estimate of drug-likeness (QED) is 0.883. The zero-order valence-corrected chi connectivity index (χ0v) is 15.1. The summed E-state index contributed by atoms with van der Waals surface area (Å²) in [6.45, 7) is 2.32. The molecule has 2 aliphatic heterocycles. The van der Waals surface area contributed by atoms with E-state index in [-0.39, 0.29) is 0 Å². The summed E-state index contributed by atoms with van der Waals surface area (Å²) in [5.74, 6) is 3.14. The smallest absolute Gasteiger partial charge is 0.243 e. The average molecular weight is 355 g/mol. The second-order valence-corrected chi connectivity index (χ2v) is 9.62. The Morgan fingerprint density at radius 2 is 1.70 bits per heavy atom. The number of nitrogens with zero attached hydrogens (tertiary/aromatic N) is 1. The van der Waals surface area contributed by atoms with Crippen molar-refractivity contribution in [1.82, 2.24) is 9.62 Å². The standard InChI is InChI=1S/C17H26N2O2S2/c20-23(21,17-4-2-1-3-5-17)19-10-6-15(7-11-19)14-18-16-8-12-22-13-9-16/h1-5,15-16,18H,6-14H2. The third kappa shape index (κ3) is 4.50. The summed E-state index contributed by atoms with van der Waals surface area (Å²) < 4.78 is 26.9. The Morgan fingerprint density at radius 3 is 2.35 bits per heavy atom. The number of thioether (sulfide) groups is 1. The second kappa shape index (κ2) is 8.01. The predicted molar refractivity (Wildman–Crippen MR) is 96.3 cm³/mol. The average Bonchev–Trinajstić information content (AvgIpc) is 2.62. The molecule has 0 bridgehead atoms. The van der Waals surface area contributed by atoms with Gasteiger partial charge >= 0.3 is 0 Å². The van der Waals surface area contributed by atoms with E-state index in [0.29, 0.717) is 29.9 Å². The summed E-state index contributed by atoms with van der Waals surface area (Å²) in [6.07, 6.45) is 4.46. The molecule has 3 rings (SSSR count). The summed E-state index contributed by atoms with van der Waals surface area (Å²) in [5, 5.41) is 3.70. The first kappa shape index (κ1) is 17.3. The van der Waals surface area contributed by atoms with Crippen LogP contribution in [0.2, 0.25) is 0 Å². The first-order valence-corrected chi connectivity index (χ1v) is 11.1. The van der Waals surface area contributed by atoms with E-state index in [4.69, 9.17) is 0 Å². The van der Waals surface area contributed by atoms with Gasteiger partial charge in [0.2, 0.25) is 10.0 Å². The minimum atomic E-state index is -3.31. The molecular formula is C17H26N2O2S2. The molecule has 1 aromatic rings. The van der Waals surface area contributed by atoms with E-state index < -0.39 is 10.0 Å². The number of piperidine rings is 1. The highest BCUT2D eigenvalue weighted by Gasteiger charge is 2.29. The van der Waals surface area contributed by atoms with Gasteiger partial charge in [-0.25, -0.2) is 8.42 Å². The van der Waals surface area contributed by atoms with Gasteiger partial charge in [0, 0.05) is 19.1 Å². The van der Waals surface area contributed by atoms with Gasteiger partial charge in [0.25, 0.3) is 0 Å². The van der Waals surface area contributed by atoms with Crippen LogP contribution in [0.1, 0.15) is 25.7 Å². The molecule has 2 aliphatic rings. The minimum Gasteiger partial charge on any atom is -0.314 e. The Hall–Kier alpha value is -0.560.